The van der Waals surface area contributed by atoms with Crippen molar-refractivity contribution in [1.29, 1.82) is 0 Å². The van der Waals surface area contributed by atoms with Gasteiger partial charge >= 0.3 is 0 Å². The molecule has 0 bridgehead atoms. The number of rotatable bonds is 0. The summed E-state index contributed by atoms with van der Waals surface area (Å²) in [5.74, 6) is 5.47. The molecule has 1 rings (SSSR count). The van der Waals surface area contributed by atoms with E-state index in [0.717, 1.165) is 25.4 Å². The molecule has 9 heavy (non-hydrogen) atoms. The lowest BCUT2D eigenvalue weighted by molar-refractivity contribution is 0.307. The fourth-order valence-electron chi connectivity index (χ4n) is 0.904. The number of hydrazine groups is 1. The third-order valence-corrected chi connectivity index (χ3v) is 4.01. The molecule has 4 heteroatoms. The number of nitrogens with zero attached hydrogens (tertiary/aromatic N) is 1. The first-order chi connectivity index (χ1) is 4.10. The molecule has 0 aromatic heterocycles. The van der Waals surface area contributed by atoms with Crippen LogP contribution in [0.25, 0.3) is 0 Å². The second-order valence-corrected chi connectivity index (χ2v) is 6.27. The zero-order valence-corrected chi connectivity index (χ0v) is 6.60. The molecule has 2 N–H and O–H groups in total. The average molecular weight is 148 g/mol. The Morgan fingerprint density at radius 2 is 1.89 bits per heavy atom. The van der Waals surface area contributed by atoms with Gasteiger partial charge in [-0.15, -0.1) is 0 Å². The van der Waals surface area contributed by atoms with Gasteiger partial charge < -0.3 is 4.57 Å². The van der Waals surface area contributed by atoms with Gasteiger partial charge in [-0.3, -0.25) is 5.84 Å². The van der Waals surface area contributed by atoms with Crippen LogP contribution in [0.5, 0.6) is 0 Å². The highest BCUT2D eigenvalue weighted by atomic mass is 31.2. The molecule has 1 saturated heterocycles. The molecule has 1 heterocycles. The summed E-state index contributed by atoms with van der Waals surface area (Å²) in [6.07, 6.45) is 1.59. The van der Waals surface area contributed by atoms with E-state index in [1.54, 1.807) is 5.01 Å². The lowest BCUT2D eigenvalue weighted by atomic mass is 10.6. The molecule has 0 aromatic carbocycles. The topological polar surface area (TPSA) is 46.3 Å². The van der Waals surface area contributed by atoms with Gasteiger partial charge in [0.15, 0.2) is 0 Å². The second kappa shape index (κ2) is 2.41. The molecule has 54 valence electrons. The van der Waals surface area contributed by atoms with Crippen molar-refractivity contribution in [3.8, 4) is 0 Å². The fraction of sp³-hybridized carbons (Fsp3) is 1.00. The van der Waals surface area contributed by atoms with Crippen LogP contribution in [0.2, 0.25) is 0 Å². The van der Waals surface area contributed by atoms with Crippen molar-refractivity contribution in [2.75, 3.05) is 32.1 Å². The molecule has 0 radical (unpaired) electrons. The number of hydrogen-bond acceptors (Lipinski definition) is 3. The summed E-state index contributed by atoms with van der Waals surface area (Å²) in [4.78, 5) is 0. The van der Waals surface area contributed by atoms with E-state index in [2.05, 4.69) is 0 Å². The summed E-state index contributed by atoms with van der Waals surface area (Å²) in [5, 5.41) is 1.74. The molecule has 1 aliphatic rings. The standard InChI is InChI=1S/C5H13N2OP/c1-9(8)4-2-7(6)3-5-9/h2-6H2,1H3. The Morgan fingerprint density at radius 1 is 1.44 bits per heavy atom. The van der Waals surface area contributed by atoms with Crippen molar-refractivity contribution in [3.05, 3.63) is 0 Å². The largest absolute Gasteiger partial charge is 0.324 e. The average Bonchev–Trinajstić information content (AvgIpc) is 1.78. The predicted molar refractivity (Wildman–Crippen MR) is 39.0 cm³/mol. The van der Waals surface area contributed by atoms with Crippen molar-refractivity contribution >= 4 is 7.14 Å². The molecular formula is C5H13N2OP. The van der Waals surface area contributed by atoms with Gasteiger partial charge in [-0.05, 0) is 6.66 Å². The van der Waals surface area contributed by atoms with Gasteiger partial charge in [0.25, 0.3) is 0 Å². The van der Waals surface area contributed by atoms with Crippen molar-refractivity contribution < 1.29 is 4.57 Å². The van der Waals surface area contributed by atoms with Crippen LogP contribution in [0.1, 0.15) is 0 Å². The maximum Gasteiger partial charge on any atom is 0.0874 e. The van der Waals surface area contributed by atoms with Crippen LogP contribution in [-0.4, -0.2) is 37.1 Å². The SMILES string of the molecule is CP1(=O)CCN(N)CC1. The van der Waals surface area contributed by atoms with E-state index in [0.29, 0.717) is 0 Å². The van der Waals surface area contributed by atoms with Crippen molar-refractivity contribution in [2.45, 2.75) is 0 Å². The van der Waals surface area contributed by atoms with Crippen molar-refractivity contribution in [3.63, 3.8) is 0 Å². The number of hydrogen-bond donors (Lipinski definition) is 1. The van der Waals surface area contributed by atoms with E-state index < -0.39 is 7.14 Å². The summed E-state index contributed by atoms with van der Waals surface area (Å²) in [5.41, 5.74) is 0. The highest BCUT2D eigenvalue weighted by Crippen LogP contribution is 2.42. The number of nitrogens with two attached hydrogens (primary N) is 1. The molecular weight excluding hydrogens is 135 g/mol. The van der Waals surface area contributed by atoms with E-state index in [1.807, 2.05) is 6.66 Å². The van der Waals surface area contributed by atoms with Crippen LogP contribution in [0.15, 0.2) is 0 Å². The van der Waals surface area contributed by atoms with E-state index in [-0.39, 0.29) is 0 Å². The zero-order valence-electron chi connectivity index (χ0n) is 5.71. The monoisotopic (exact) mass is 148 g/mol. The Kier molecular flexibility index (Phi) is 1.94. The molecule has 0 saturated carbocycles. The lowest BCUT2D eigenvalue weighted by Crippen LogP contribution is -2.39. The third-order valence-electron chi connectivity index (χ3n) is 1.72. The second-order valence-electron chi connectivity index (χ2n) is 2.78. The summed E-state index contributed by atoms with van der Waals surface area (Å²) in [6, 6.07) is 0. The van der Waals surface area contributed by atoms with Crippen molar-refractivity contribution in [2.24, 2.45) is 5.84 Å². The minimum absolute atomic E-state index is 0.795. The lowest BCUT2D eigenvalue weighted by Gasteiger charge is -2.26. The molecule has 0 amide bonds. The fourth-order valence-corrected chi connectivity index (χ4v) is 2.49. The maximum absolute atomic E-state index is 11.3. The van der Waals surface area contributed by atoms with E-state index in [4.69, 9.17) is 5.84 Å². The zero-order chi connectivity index (χ0) is 6.91. The first kappa shape index (κ1) is 7.26. The minimum Gasteiger partial charge on any atom is -0.324 e. The Bertz CT molecular complexity index is 136. The van der Waals surface area contributed by atoms with Crippen LogP contribution in [0.4, 0.5) is 0 Å². The van der Waals surface area contributed by atoms with Crippen LogP contribution in [0.3, 0.4) is 0 Å². The third kappa shape index (κ3) is 2.09. The van der Waals surface area contributed by atoms with Gasteiger partial charge in [0.1, 0.15) is 0 Å². The van der Waals surface area contributed by atoms with E-state index >= 15 is 0 Å². The van der Waals surface area contributed by atoms with Crippen LogP contribution in [-0.2, 0) is 4.57 Å². The first-order valence-corrected chi connectivity index (χ1v) is 5.68. The molecule has 0 aromatic rings. The summed E-state index contributed by atoms with van der Waals surface area (Å²) in [7, 11) is -1.75. The molecule has 1 aliphatic heterocycles. The Hall–Kier alpha value is 0.150. The minimum atomic E-state index is -1.75. The van der Waals surface area contributed by atoms with Gasteiger partial charge in [-0.25, -0.2) is 5.01 Å². The van der Waals surface area contributed by atoms with Crippen LogP contribution in [0, 0.1) is 0 Å². The predicted octanol–water partition coefficient (Wildman–Crippen LogP) is 0.169. The van der Waals surface area contributed by atoms with Crippen LogP contribution >= 0.6 is 7.14 Å². The smallest absolute Gasteiger partial charge is 0.0874 e. The van der Waals surface area contributed by atoms with Crippen molar-refractivity contribution in [1.82, 2.24) is 5.01 Å². The van der Waals surface area contributed by atoms with E-state index in [1.165, 1.54) is 0 Å². The summed E-state index contributed by atoms with van der Waals surface area (Å²) >= 11 is 0. The highest BCUT2D eigenvalue weighted by Gasteiger charge is 2.21. The van der Waals surface area contributed by atoms with E-state index in [9.17, 15) is 4.57 Å². The van der Waals surface area contributed by atoms with Gasteiger partial charge in [-0.2, -0.15) is 0 Å². The van der Waals surface area contributed by atoms with Gasteiger partial charge in [0, 0.05) is 25.4 Å². The molecule has 3 nitrogen and oxygen atoms in total. The summed E-state index contributed by atoms with van der Waals surface area (Å²) in [6.45, 7) is 3.46. The van der Waals surface area contributed by atoms with Gasteiger partial charge in [-0.1, -0.05) is 0 Å². The van der Waals surface area contributed by atoms with Gasteiger partial charge in [0.05, 0.1) is 7.14 Å². The Labute approximate surface area is 55.6 Å². The molecule has 0 spiro atoms. The molecule has 0 atom stereocenters. The molecule has 1 fully saturated rings. The molecule has 0 aliphatic carbocycles. The summed E-state index contributed by atoms with van der Waals surface area (Å²) < 4.78 is 11.3. The normalized spacial score (nSPS) is 28.2. The first-order valence-electron chi connectivity index (χ1n) is 3.15. The van der Waals surface area contributed by atoms with Crippen LogP contribution < -0.4 is 5.84 Å². The maximum atomic E-state index is 11.3. The Balaban J connectivity index is 2.44. The highest BCUT2D eigenvalue weighted by molar-refractivity contribution is 7.63. The molecule has 0 unspecified atom stereocenters. The van der Waals surface area contributed by atoms with Gasteiger partial charge in [0.2, 0.25) is 0 Å². The quantitative estimate of drug-likeness (QED) is 0.393. The Morgan fingerprint density at radius 3 is 2.22 bits per heavy atom.